The Kier molecular flexibility index (Phi) is 7.29. The summed E-state index contributed by atoms with van der Waals surface area (Å²) < 4.78 is 61.8. The van der Waals surface area contributed by atoms with Crippen molar-refractivity contribution >= 4 is 38.4 Å². The maximum absolute atomic E-state index is 14.4. The van der Waals surface area contributed by atoms with Crippen molar-refractivity contribution in [3.8, 4) is 5.75 Å². The fourth-order valence-electron chi connectivity index (χ4n) is 4.31. The third-order valence-electron chi connectivity index (χ3n) is 6.34. The molecule has 14 heteroatoms. The molecule has 1 amide bonds. The van der Waals surface area contributed by atoms with Gasteiger partial charge in [-0.25, -0.2) is 32.2 Å². The van der Waals surface area contributed by atoms with Crippen LogP contribution in [0.4, 0.5) is 22.7 Å². The summed E-state index contributed by atoms with van der Waals surface area (Å²) in [5, 5.41) is 12.2. The summed E-state index contributed by atoms with van der Waals surface area (Å²) in [6, 6.07) is 4.65. The van der Waals surface area contributed by atoms with Gasteiger partial charge < -0.3 is 14.7 Å². The van der Waals surface area contributed by atoms with Gasteiger partial charge >= 0.3 is 0 Å². The first-order valence-corrected chi connectivity index (χ1v) is 12.7. The molecule has 5 rings (SSSR count). The molecule has 40 heavy (non-hydrogen) atoms. The second-order valence-corrected chi connectivity index (χ2v) is 9.91. The first kappa shape index (κ1) is 27.3. The monoisotopic (exact) mass is 576 g/mol. The van der Waals surface area contributed by atoms with Gasteiger partial charge in [-0.05, 0) is 24.1 Å². The first-order chi connectivity index (χ1) is 19.1. The smallest absolute Gasteiger partial charge is 0.278 e. The molecular formula is C26H20F4N4O5S. The first-order valence-electron chi connectivity index (χ1n) is 11.9. The van der Waals surface area contributed by atoms with E-state index < -0.39 is 57.4 Å². The van der Waals surface area contributed by atoms with E-state index in [-0.39, 0.29) is 53.6 Å². The summed E-state index contributed by atoms with van der Waals surface area (Å²) in [6.45, 7) is -0.0338. The van der Waals surface area contributed by atoms with E-state index in [2.05, 4.69) is 4.98 Å². The third-order valence-corrected chi connectivity index (χ3v) is 7.36. The van der Waals surface area contributed by atoms with Gasteiger partial charge in [-0.1, -0.05) is 17.4 Å². The van der Waals surface area contributed by atoms with E-state index in [4.69, 9.17) is 4.74 Å². The highest BCUT2D eigenvalue weighted by molar-refractivity contribution is 7.22. The van der Waals surface area contributed by atoms with E-state index in [0.29, 0.717) is 12.1 Å². The fraction of sp³-hybridized carbons (Fsp3) is 0.231. The average molecular weight is 577 g/mol. The topological polar surface area (TPSA) is 105 Å². The highest BCUT2D eigenvalue weighted by atomic mass is 32.1. The van der Waals surface area contributed by atoms with Crippen molar-refractivity contribution in [2.75, 3.05) is 31.9 Å². The number of carbonyl (C=O) groups is 2. The third kappa shape index (κ3) is 4.91. The number of aromatic nitrogens is 2. The van der Waals surface area contributed by atoms with Gasteiger partial charge in [0.05, 0.1) is 16.9 Å². The molecule has 2 aromatic carbocycles. The molecular weight excluding hydrogens is 556 g/mol. The lowest BCUT2D eigenvalue weighted by molar-refractivity contribution is 0.0636. The Morgan fingerprint density at radius 3 is 2.58 bits per heavy atom. The number of halogens is 4. The van der Waals surface area contributed by atoms with Crippen LogP contribution in [0.5, 0.6) is 5.75 Å². The number of hydrogen-bond donors (Lipinski definition) is 1. The van der Waals surface area contributed by atoms with Gasteiger partial charge in [0.2, 0.25) is 10.6 Å². The molecule has 1 N–H and O–H groups in total. The predicted octanol–water partition coefficient (Wildman–Crippen LogP) is 3.86. The number of aromatic hydroxyl groups is 1. The van der Waals surface area contributed by atoms with Crippen LogP contribution < -0.4 is 10.4 Å². The molecule has 1 aliphatic heterocycles. The summed E-state index contributed by atoms with van der Waals surface area (Å²) in [5.74, 6) is -5.89. The number of nitrogens with zero attached hydrogens (tertiary/aromatic N) is 4. The molecule has 0 spiro atoms. The molecule has 4 aromatic rings. The van der Waals surface area contributed by atoms with Crippen molar-refractivity contribution < 1.29 is 37.0 Å². The van der Waals surface area contributed by atoms with Crippen LogP contribution in [0.3, 0.4) is 0 Å². The van der Waals surface area contributed by atoms with Crippen molar-refractivity contribution in [1.82, 2.24) is 14.6 Å². The maximum Gasteiger partial charge on any atom is 0.278 e. The van der Waals surface area contributed by atoms with Crippen LogP contribution in [0, 0.1) is 23.3 Å². The molecule has 0 saturated heterocycles. The lowest BCUT2D eigenvalue weighted by Gasteiger charge is -2.38. The van der Waals surface area contributed by atoms with Crippen LogP contribution in [-0.4, -0.2) is 58.3 Å². The van der Waals surface area contributed by atoms with Crippen LogP contribution in [0.2, 0.25) is 0 Å². The number of ketones is 1. The molecule has 3 heterocycles. The van der Waals surface area contributed by atoms with Crippen molar-refractivity contribution in [1.29, 1.82) is 0 Å². The molecule has 0 aliphatic carbocycles. The minimum atomic E-state index is -1.12. The van der Waals surface area contributed by atoms with Gasteiger partial charge in [0.15, 0.2) is 23.0 Å². The molecule has 0 unspecified atom stereocenters. The Morgan fingerprint density at radius 1 is 1.10 bits per heavy atom. The summed E-state index contributed by atoms with van der Waals surface area (Å²) in [7, 11) is 1.42. The number of aryl methyl sites for hydroxylation is 1. The zero-order valence-corrected chi connectivity index (χ0v) is 21.6. The number of Topliss-reactive ketones (excluding diaryl/α,β-unsaturated/α-hetero) is 1. The number of ether oxygens (including phenoxy) is 1. The van der Waals surface area contributed by atoms with E-state index in [1.165, 1.54) is 23.1 Å². The SMILES string of the molecule is COCCN1CN(c2nc3c(F)cc(F)cc3s2)n2cc(C(=O)CCc3ccc(F)cc3F)c(=O)c(O)c2C1=O. The van der Waals surface area contributed by atoms with Gasteiger partial charge in [0.25, 0.3) is 5.91 Å². The van der Waals surface area contributed by atoms with Crippen LogP contribution in [-0.2, 0) is 11.2 Å². The molecule has 2 aromatic heterocycles. The number of thiazole rings is 1. The number of pyridine rings is 1. The Morgan fingerprint density at radius 2 is 1.85 bits per heavy atom. The summed E-state index contributed by atoms with van der Waals surface area (Å²) >= 11 is 0.885. The van der Waals surface area contributed by atoms with E-state index in [9.17, 15) is 37.1 Å². The lowest BCUT2D eigenvalue weighted by atomic mass is 10.0. The summed E-state index contributed by atoms with van der Waals surface area (Å²) in [6.07, 6.45) is 0.522. The zero-order chi connectivity index (χ0) is 28.7. The van der Waals surface area contributed by atoms with Crippen molar-refractivity contribution in [2.45, 2.75) is 12.8 Å². The predicted molar refractivity (Wildman–Crippen MR) is 137 cm³/mol. The minimum absolute atomic E-state index is 0.0476. The molecule has 0 atom stereocenters. The molecule has 1 aliphatic rings. The van der Waals surface area contributed by atoms with E-state index >= 15 is 0 Å². The summed E-state index contributed by atoms with van der Waals surface area (Å²) in [5.41, 5.74) is -2.17. The second-order valence-electron chi connectivity index (χ2n) is 8.91. The van der Waals surface area contributed by atoms with Gasteiger partial charge in [0, 0.05) is 38.4 Å². The molecule has 0 fully saturated rings. The number of benzene rings is 2. The molecule has 208 valence electrons. The van der Waals surface area contributed by atoms with Gasteiger partial charge in [0.1, 0.15) is 29.6 Å². The average Bonchev–Trinajstić information content (AvgIpc) is 3.33. The molecule has 9 nitrogen and oxygen atoms in total. The fourth-order valence-corrected chi connectivity index (χ4v) is 5.31. The lowest BCUT2D eigenvalue weighted by Crippen LogP contribution is -2.53. The Bertz CT molecular complexity index is 1720. The number of carbonyl (C=O) groups excluding carboxylic acids is 2. The number of anilines is 1. The number of fused-ring (bicyclic) bond motifs is 2. The van der Waals surface area contributed by atoms with Gasteiger partial charge in [-0.2, -0.15) is 0 Å². The van der Waals surface area contributed by atoms with Crippen LogP contribution in [0.25, 0.3) is 10.2 Å². The Balaban J connectivity index is 1.58. The van der Waals surface area contributed by atoms with Gasteiger partial charge in [-0.15, -0.1) is 0 Å². The van der Waals surface area contributed by atoms with Crippen LogP contribution in [0.1, 0.15) is 32.8 Å². The highest BCUT2D eigenvalue weighted by Crippen LogP contribution is 2.34. The standard InChI is InChI=1S/C26H20F4N4O5S/c1-39-7-6-32-12-34(26-31-21-18(30)9-15(28)10-20(21)40-26)33-11-16(23(36)24(37)22(33)25(32)38)19(35)5-3-13-2-4-14(27)8-17(13)29/h2,4,8-11,37H,3,5-7,12H2,1H3. The van der Waals surface area contributed by atoms with Crippen molar-refractivity contribution in [3.63, 3.8) is 0 Å². The van der Waals surface area contributed by atoms with E-state index in [0.717, 1.165) is 34.3 Å². The highest BCUT2D eigenvalue weighted by Gasteiger charge is 2.36. The quantitative estimate of drug-likeness (QED) is 0.251. The van der Waals surface area contributed by atoms with Crippen LogP contribution >= 0.6 is 11.3 Å². The van der Waals surface area contributed by atoms with Crippen LogP contribution in [0.15, 0.2) is 41.3 Å². The van der Waals surface area contributed by atoms with E-state index in [1.54, 1.807) is 0 Å². The largest absolute Gasteiger partial charge is 0.502 e. The Hall–Kier alpha value is -4.30. The zero-order valence-electron chi connectivity index (χ0n) is 20.8. The minimum Gasteiger partial charge on any atom is -0.502 e. The number of methoxy groups -OCH3 is 1. The summed E-state index contributed by atoms with van der Waals surface area (Å²) in [4.78, 5) is 44.8. The number of rotatable bonds is 8. The maximum atomic E-state index is 14.4. The Labute approximate surface area is 227 Å². The van der Waals surface area contributed by atoms with Crippen molar-refractivity contribution in [2.24, 2.45) is 0 Å². The number of hydrogen-bond acceptors (Lipinski definition) is 8. The molecule has 0 radical (unpaired) electrons. The second kappa shape index (κ2) is 10.7. The number of amides is 1. The van der Waals surface area contributed by atoms with E-state index in [1.807, 2.05) is 0 Å². The molecule has 0 bridgehead atoms. The van der Waals surface area contributed by atoms with Crippen molar-refractivity contribution in [3.05, 3.63) is 86.8 Å². The van der Waals surface area contributed by atoms with Gasteiger partial charge in [-0.3, -0.25) is 14.4 Å². The molecule has 0 saturated carbocycles. The normalized spacial score (nSPS) is 13.3.